The average molecular weight is 320 g/mol. The van der Waals surface area contributed by atoms with Crippen LogP contribution < -0.4 is 15.6 Å². The normalized spacial score (nSPS) is 9.91. The summed E-state index contributed by atoms with van der Waals surface area (Å²) in [4.78, 5) is 27.1. The van der Waals surface area contributed by atoms with Gasteiger partial charge in [0.2, 0.25) is 0 Å². The van der Waals surface area contributed by atoms with E-state index in [0.717, 1.165) is 5.56 Å². The van der Waals surface area contributed by atoms with Gasteiger partial charge in [-0.05, 0) is 42.8 Å². The van der Waals surface area contributed by atoms with Crippen LogP contribution in [0.3, 0.4) is 0 Å². The number of aromatic nitrogens is 1. The van der Waals surface area contributed by atoms with Crippen LogP contribution in [0.4, 0.5) is 0 Å². The largest absolute Gasteiger partial charge is 0.484 e. The molecule has 2 amide bonds. The number of carbonyl (C=O) groups excluding carboxylic acids is 2. The molecule has 6 nitrogen and oxygen atoms in total. The molecule has 0 radical (unpaired) electrons. The zero-order valence-electron chi connectivity index (χ0n) is 11.8. The number of benzene rings is 1. The fourth-order valence-corrected chi connectivity index (χ4v) is 1.71. The number of hydrogen-bond acceptors (Lipinski definition) is 4. The second kappa shape index (κ2) is 7.42. The van der Waals surface area contributed by atoms with Gasteiger partial charge in [-0.15, -0.1) is 0 Å². The summed E-state index contributed by atoms with van der Waals surface area (Å²) in [7, 11) is 0. The quantitative estimate of drug-likeness (QED) is 0.843. The van der Waals surface area contributed by atoms with E-state index in [0.29, 0.717) is 16.3 Å². The summed E-state index contributed by atoms with van der Waals surface area (Å²) in [6.45, 7) is 1.61. The van der Waals surface area contributed by atoms with Crippen molar-refractivity contribution in [3.63, 3.8) is 0 Å². The van der Waals surface area contributed by atoms with E-state index in [2.05, 4.69) is 15.8 Å². The van der Waals surface area contributed by atoms with Crippen LogP contribution in [0.2, 0.25) is 5.02 Å². The summed E-state index contributed by atoms with van der Waals surface area (Å²) >= 11 is 5.90. The smallest absolute Gasteiger partial charge is 0.276 e. The molecule has 1 aromatic carbocycles. The van der Waals surface area contributed by atoms with Gasteiger partial charge >= 0.3 is 0 Å². The minimum absolute atomic E-state index is 0.228. The van der Waals surface area contributed by atoms with Crippen LogP contribution in [-0.2, 0) is 4.79 Å². The molecule has 2 rings (SSSR count). The number of ether oxygens (including phenoxy) is 1. The van der Waals surface area contributed by atoms with Crippen molar-refractivity contribution in [3.8, 4) is 5.75 Å². The molecule has 0 fully saturated rings. The lowest BCUT2D eigenvalue weighted by atomic mass is 10.2. The van der Waals surface area contributed by atoms with Crippen molar-refractivity contribution < 1.29 is 14.3 Å². The number of pyridine rings is 1. The standard InChI is InChI=1S/C15H14ClN3O3/c1-10-7-12(4-5-13(10)16)22-9-14(20)18-19-15(21)11-3-2-6-17-8-11/h2-8H,9H2,1H3,(H,18,20)(H,19,21). The van der Waals surface area contributed by atoms with E-state index < -0.39 is 11.8 Å². The molecule has 2 aromatic rings. The summed E-state index contributed by atoms with van der Waals surface area (Å²) in [6, 6.07) is 8.29. The molecule has 0 aliphatic rings. The molecule has 0 saturated carbocycles. The summed E-state index contributed by atoms with van der Waals surface area (Å²) in [6.07, 6.45) is 2.95. The molecule has 0 bridgehead atoms. The van der Waals surface area contributed by atoms with Gasteiger partial charge in [0.15, 0.2) is 6.61 Å². The number of nitrogens with zero attached hydrogens (tertiary/aromatic N) is 1. The fourth-order valence-electron chi connectivity index (χ4n) is 1.59. The van der Waals surface area contributed by atoms with E-state index in [1.165, 1.54) is 6.20 Å². The van der Waals surface area contributed by atoms with E-state index in [9.17, 15) is 9.59 Å². The van der Waals surface area contributed by atoms with Crippen molar-refractivity contribution in [1.29, 1.82) is 0 Å². The van der Waals surface area contributed by atoms with Crippen LogP contribution in [0.5, 0.6) is 5.75 Å². The lowest BCUT2D eigenvalue weighted by Gasteiger charge is -2.09. The van der Waals surface area contributed by atoms with Gasteiger partial charge in [0.1, 0.15) is 5.75 Å². The van der Waals surface area contributed by atoms with E-state index in [1.54, 1.807) is 36.5 Å². The first-order chi connectivity index (χ1) is 10.6. The summed E-state index contributed by atoms with van der Waals surface area (Å²) in [5.74, 6) is -0.413. The molecule has 1 heterocycles. The van der Waals surface area contributed by atoms with E-state index in [1.807, 2.05) is 6.92 Å². The predicted molar refractivity (Wildman–Crippen MR) is 81.5 cm³/mol. The Bertz CT molecular complexity index is 677. The highest BCUT2D eigenvalue weighted by Gasteiger charge is 2.08. The maximum atomic E-state index is 11.7. The highest BCUT2D eigenvalue weighted by Crippen LogP contribution is 2.20. The Morgan fingerprint density at radius 3 is 2.77 bits per heavy atom. The maximum Gasteiger partial charge on any atom is 0.276 e. The molecule has 0 aliphatic heterocycles. The second-order valence-electron chi connectivity index (χ2n) is 4.44. The van der Waals surface area contributed by atoms with E-state index in [4.69, 9.17) is 16.3 Å². The van der Waals surface area contributed by atoms with Gasteiger partial charge in [-0.3, -0.25) is 25.4 Å². The van der Waals surface area contributed by atoms with Crippen molar-refractivity contribution >= 4 is 23.4 Å². The van der Waals surface area contributed by atoms with Crippen molar-refractivity contribution in [2.45, 2.75) is 6.92 Å². The van der Waals surface area contributed by atoms with Crippen molar-refractivity contribution in [2.75, 3.05) is 6.61 Å². The Morgan fingerprint density at radius 1 is 1.27 bits per heavy atom. The second-order valence-corrected chi connectivity index (χ2v) is 4.85. The van der Waals surface area contributed by atoms with Gasteiger partial charge in [0.25, 0.3) is 11.8 Å². The zero-order chi connectivity index (χ0) is 15.9. The molecule has 114 valence electrons. The zero-order valence-corrected chi connectivity index (χ0v) is 12.6. The SMILES string of the molecule is Cc1cc(OCC(=O)NNC(=O)c2cccnc2)ccc1Cl. The summed E-state index contributed by atoms with van der Waals surface area (Å²) in [5, 5.41) is 0.625. The van der Waals surface area contributed by atoms with E-state index >= 15 is 0 Å². The van der Waals surface area contributed by atoms with Gasteiger partial charge in [-0.2, -0.15) is 0 Å². The molecular weight excluding hydrogens is 306 g/mol. The Kier molecular flexibility index (Phi) is 5.32. The minimum Gasteiger partial charge on any atom is -0.484 e. The number of hydrogen-bond donors (Lipinski definition) is 2. The highest BCUT2D eigenvalue weighted by atomic mass is 35.5. The number of hydrazine groups is 1. The molecule has 0 atom stereocenters. The summed E-state index contributed by atoms with van der Waals surface area (Å²) < 4.78 is 5.31. The van der Waals surface area contributed by atoms with Crippen LogP contribution in [0, 0.1) is 6.92 Å². The molecular formula is C15H14ClN3O3. The molecule has 0 spiro atoms. The van der Waals surface area contributed by atoms with Crippen LogP contribution in [0.25, 0.3) is 0 Å². The van der Waals surface area contributed by atoms with Crippen LogP contribution in [-0.4, -0.2) is 23.4 Å². The third-order valence-corrected chi connectivity index (χ3v) is 3.16. The monoisotopic (exact) mass is 319 g/mol. The van der Waals surface area contributed by atoms with Gasteiger partial charge in [0.05, 0.1) is 5.56 Å². The van der Waals surface area contributed by atoms with E-state index in [-0.39, 0.29) is 6.61 Å². The Morgan fingerprint density at radius 2 is 2.09 bits per heavy atom. The lowest BCUT2D eigenvalue weighted by Crippen LogP contribution is -2.43. The average Bonchev–Trinajstić information content (AvgIpc) is 2.54. The number of amides is 2. The molecule has 0 unspecified atom stereocenters. The Hall–Kier alpha value is -2.60. The lowest BCUT2D eigenvalue weighted by molar-refractivity contribution is -0.123. The number of rotatable bonds is 4. The van der Waals surface area contributed by atoms with Crippen molar-refractivity contribution in [3.05, 3.63) is 58.9 Å². The number of aryl methyl sites for hydroxylation is 1. The van der Waals surface area contributed by atoms with Gasteiger partial charge in [-0.1, -0.05) is 11.6 Å². The van der Waals surface area contributed by atoms with Crippen LogP contribution in [0.15, 0.2) is 42.7 Å². The fraction of sp³-hybridized carbons (Fsp3) is 0.133. The number of nitrogens with one attached hydrogen (secondary N) is 2. The maximum absolute atomic E-state index is 11.7. The Balaban J connectivity index is 1.78. The summed E-state index contributed by atoms with van der Waals surface area (Å²) in [5.41, 5.74) is 5.73. The highest BCUT2D eigenvalue weighted by molar-refractivity contribution is 6.31. The Labute approximate surface area is 132 Å². The molecule has 0 saturated heterocycles. The first kappa shape index (κ1) is 15.8. The van der Waals surface area contributed by atoms with Crippen LogP contribution in [0.1, 0.15) is 15.9 Å². The van der Waals surface area contributed by atoms with Gasteiger partial charge < -0.3 is 4.74 Å². The first-order valence-corrected chi connectivity index (χ1v) is 6.82. The van der Waals surface area contributed by atoms with Gasteiger partial charge in [0, 0.05) is 17.4 Å². The third-order valence-electron chi connectivity index (χ3n) is 2.74. The predicted octanol–water partition coefficient (Wildman–Crippen LogP) is 1.88. The minimum atomic E-state index is -0.482. The topological polar surface area (TPSA) is 80.3 Å². The van der Waals surface area contributed by atoms with Crippen molar-refractivity contribution in [1.82, 2.24) is 15.8 Å². The molecule has 2 N–H and O–H groups in total. The van der Waals surface area contributed by atoms with Gasteiger partial charge in [-0.25, -0.2) is 0 Å². The number of halogens is 1. The van der Waals surface area contributed by atoms with Crippen LogP contribution >= 0.6 is 11.6 Å². The molecule has 7 heteroatoms. The third kappa shape index (κ3) is 4.46. The molecule has 0 aliphatic carbocycles. The molecule has 22 heavy (non-hydrogen) atoms. The van der Waals surface area contributed by atoms with Crippen molar-refractivity contribution in [2.24, 2.45) is 0 Å². The first-order valence-electron chi connectivity index (χ1n) is 6.44. The number of carbonyl (C=O) groups is 2. The molecule has 1 aromatic heterocycles.